The van der Waals surface area contributed by atoms with Gasteiger partial charge in [-0.05, 0) is 31.2 Å². The van der Waals surface area contributed by atoms with E-state index in [9.17, 15) is 4.79 Å². The maximum atomic E-state index is 11.8. The van der Waals surface area contributed by atoms with E-state index in [1.54, 1.807) is 0 Å². The highest BCUT2D eigenvalue weighted by Crippen LogP contribution is 2.37. The Bertz CT molecular complexity index is 463. The van der Waals surface area contributed by atoms with E-state index < -0.39 is 0 Å². The number of benzene rings is 1. The first-order chi connectivity index (χ1) is 9.70. The fourth-order valence-electron chi connectivity index (χ4n) is 3.65. The molecule has 0 bridgehead atoms. The molecule has 0 unspecified atom stereocenters. The molecule has 0 atom stereocenters. The molecule has 0 aliphatic carbocycles. The van der Waals surface area contributed by atoms with Gasteiger partial charge in [0, 0.05) is 38.6 Å². The topological polar surface area (TPSA) is 23.6 Å². The third kappa shape index (κ3) is 2.59. The van der Waals surface area contributed by atoms with Crippen LogP contribution >= 0.6 is 0 Å². The molecule has 3 heteroatoms. The van der Waals surface area contributed by atoms with Crippen molar-refractivity contribution in [3.63, 3.8) is 0 Å². The summed E-state index contributed by atoms with van der Waals surface area (Å²) in [4.78, 5) is 16.3. The minimum Gasteiger partial charge on any atom is -0.340 e. The normalized spacial score (nSPS) is 22.6. The van der Waals surface area contributed by atoms with Crippen molar-refractivity contribution < 1.29 is 4.79 Å². The summed E-state index contributed by atoms with van der Waals surface area (Å²) in [5.41, 5.74) is 1.60. The maximum absolute atomic E-state index is 11.8. The van der Waals surface area contributed by atoms with E-state index >= 15 is 0 Å². The summed E-state index contributed by atoms with van der Waals surface area (Å²) in [6.45, 7) is 3.40. The molecule has 20 heavy (non-hydrogen) atoms. The second-order valence-corrected chi connectivity index (χ2v) is 6.25. The molecule has 1 aromatic rings. The molecule has 3 nitrogen and oxygen atoms in total. The van der Waals surface area contributed by atoms with Crippen molar-refractivity contribution in [3.8, 4) is 0 Å². The van der Waals surface area contributed by atoms with Crippen LogP contribution in [0.2, 0.25) is 0 Å². The van der Waals surface area contributed by atoms with Crippen molar-refractivity contribution in [2.45, 2.75) is 37.6 Å². The SMILES string of the molecule is CN1C(=O)CCC12CCN(CCc1ccccc1)CC2. The Morgan fingerprint density at radius 2 is 1.80 bits per heavy atom. The van der Waals surface area contributed by atoms with Crippen molar-refractivity contribution in [2.24, 2.45) is 0 Å². The van der Waals surface area contributed by atoms with E-state index in [0.29, 0.717) is 5.91 Å². The Kier molecular flexibility index (Phi) is 3.79. The van der Waals surface area contributed by atoms with Crippen LogP contribution in [-0.4, -0.2) is 47.9 Å². The third-order valence-electron chi connectivity index (χ3n) is 5.24. The van der Waals surface area contributed by atoms with Crippen LogP contribution < -0.4 is 0 Å². The molecule has 1 amide bonds. The van der Waals surface area contributed by atoms with E-state index in [1.165, 1.54) is 5.56 Å². The van der Waals surface area contributed by atoms with Crippen LogP contribution in [0.3, 0.4) is 0 Å². The molecule has 2 heterocycles. The average molecular weight is 272 g/mol. The number of piperidine rings is 1. The van der Waals surface area contributed by atoms with Crippen molar-refractivity contribution in [2.75, 3.05) is 26.7 Å². The molecule has 0 N–H and O–H groups in total. The first kappa shape index (κ1) is 13.6. The van der Waals surface area contributed by atoms with Gasteiger partial charge in [-0.15, -0.1) is 0 Å². The van der Waals surface area contributed by atoms with Crippen molar-refractivity contribution in [3.05, 3.63) is 35.9 Å². The zero-order valence-electron chi connectivity index (χ0n) is 12.3. The van der Waals surface area contributed by atoms with Gasteiger partial charge in [-0.1, -0.05) is 30.3 Å². The molecule has 0 aromatic heterocycles. The lowest BCUT2D eigenvalue weighted by Crippen LogP contribution is -2.51. The van der Waals surface area contributed by atoms with Crippen LogP contribution in [0.25, 0.3) is 0 Å². The van der Waals surface area contributed by atoms with E-state index in [-0.39, 0.29) is 5.54 Å². The van der Waals surface area contributed by atoms with Gasteiger partial charge in [-0.25, -0.2) is 0 Å². The summed E-state index contributed by atoms with van der Waals surface area (Å²) in [6, 6.07) is 10.7. The Hall–Kier alpha value is -1.35. The van der Waals surface area contributed by atoms with Gasteiger partial charge >= 0.3 is 0 Å². The lowest BCUT2D eigenvalue weighted by Gasteiger charge is -2.43. The molecule has 0 saturated carbocycles. The first-order valence-corrected chi connectivity index (χ1v) is 7.73. The van der Waals surface area contributed by atoms with Crippen molar-refractivity contribution >= 4 is 5.91 Å². The predicted molar refractivity (Wildman–Crippen MR) is 80.6 cm³/mol. The van der Waals surface area contributed by atoms with Crippen LogP contribution in [0.15, 0.2) is 30.3 Å². The zero-order valence-corrected chi connectivity index (χ0v) is 12.3. The number of amides is 1. The summed E-state index contributed by atoms with van der Waals surface area (Å²) in [6.07, 6.45) is 5.23. The molecule has 3 rings (SSSR count). The van der Waals surface area contributed by atoms with E-state index in [1.807, 2.05) is 11.9 Å². The van der Waals surface area contributed by atoms with Gasteiger partial charge in [-0.2, -0.15) is 0 Å². The van der Waals surface area contributed by atoms with Gasteiger partial charge in [0.05, 0.1) is 0 Å². The zero-order chi connectivity index (χ0) is 14.0. The fraction of sp³-hybridized carbons (Fsp3) is 0.588. The first-order valence-electron chi connectivity index (χ1n) is 7.73. The van der Waals surface area contributed by atoms with E-state index in [0.717, 1.165) is 51.7 Å². The Balaban J connectivity index is 1.51. The second kappa shape index (κ2) is 5.57. The Labute approximate surface area is 121 Å². The molecular weight excluding hydrogens is 248 g/mol. The summed E-state index contributed by atoms with van der Waals surface area (Å²) in [5.74, 6) is 0.336. The maximum Gasteiger partial charge on any atom is 0.222 e. The third-order valence-corrected chi connectivity index (χ3v) is 5.24. The lowest BCUT2D eigenvalue weighted by atomic mass is 9.85. The molecule has 2 saturated heterocycles. The minimum atomic E-state index is 0.181. The van der Waals surface area contributed by atoms with Gasteiger partial charge in [0.1, 0.15) is 0 Å². The molecule has 0 radical (unpaired) electrons. The highest BCUT2D eigenvalue weighted by atomic mass is 16.2. The van der Waals surface area contributed by atoms with Crippen LogP contribution in [0.5, 0.6) is 0 Å². The monoisotopic (exact) mass is 272 g/mol. The van der Waals surface area contributed by atoms with E-state index in [4.69, 9.17) is 0 Å². The van der Waals surface area contributed by atoms with Crippen LogP contribution in [0, 0.1) is 0 Å². The van der Waals surface area contributed by atoms with Crippen LogP contribution in [-0.2, 0) is 11.2 Å². The number of carbonyl (C=O) groups is 1. The lowest BCUT2D eigenvalue weighted by molar-refractivity contribution is -0.130. The highest BCUT2D eigenvalue weighted by molar-refractivity contribution is 5.79. The number of hydrogen-bond donors (Lipinski definition) is 0. The molecule has 2 aliphatic heterocycles. The second-order valence-electron chi connectivity index (χ2n) is 6.25. The Morgan fingerprint density at radius 1 is 1.10 bits per heavy atom. The smallest absolute Gasteiger partial charge is 0.222 e. The average Bonchev–Trinajstić information content (AvgIpc) is 2.77. The van der Waals surface area contributed by atoms with Gasteiger partial charge in [-0.3, -0.25) is 4.79 Å². The quantitative estimate of drug-likeness (QED) is 0.843. The predicted octanol–water partition coefficient (Wildman–Crippen LogP) is 2.32. The van der Waals surface area contributed by atoms with Gasteiger partial charge in [0.25, 0.3) is 0 Å². The number of carbonyl (C=O) groups excluding carboxylic acids is 1. The fourth-order valence-corrected chi connectivity index (χ4v) is 3.65. The molecule has 2 fully saturated rings. The summed E-state index contributed by atoms with van der Waals surface area (Å²) < 4.78 is 0. The molecular formula is C17H24N2O. The molecule has 2 aliphatic rings. The summed E-state index contributed by atoms with van der Waals surface area (Å²) >= 11 is 0. The van der Waals surface area contributed by atoms with Crippen LogP contribution in [0.1, 0.15) is 31.2 Å². The molecule has 108 valence electrons. The van der Waals surface area contributed by atoms with Crippen molar-refractivity contribution in [1.82, 2.24) is 9.80 Å². The largest absolute Gasteiger partial charge is 0.340 e. The highest BCUT2D eigenvalue weighted by Gasteiger charge is 2.44. The van der Waals surface area contributed by atoms with Crippen molar-refractivity contribution in [1.29, 1.82) is 0 Å². The Morgan fingerprint density at radius 3 is 2.40 bits per heavy atom. The standard InChI is InChI=1S/C17H24N2O/c1-18-16(20)7-9-17(18)10-13-19(14-11-17)12-8-15-5-3-2-4-6-15/h2-6H,7-14H2,1H3. The number of rotatable bonds is 3. The van der Waals surface area contributed by atoms with Gasteiger partial charge < -0.3 is 9.80 Å². The van der Waals surface area contributed by atoms with Gasteiger partial charge in [0.15, 0.2) is 0 Å². The van der Waals surface area contributed by atoms with E-state index in [2.05, 4.69) is 35.2 Å². The number of hydrogen-bond acceptors (Lipinski definition) is 2. The number of likely N-dealkylation sites (tertiary alicyclic amines) is 2. The van der Waals surface area contributed by atoms with Crippen LogP contribution in [0.4, 0.5) is 0 Å². The number of nitrogens with zero attached hydrogens (tertiary/aromatic N) is 2. The molecule has 1 aromatic carbocycles. The van der Waals surface area contributed by atoms with Gasteiger partial charge in [0.2, 0.25) is 5.91 Å². The summed E-state index contributed by atoms with van der Waals surface area (Å²) in [5, 5.41) is 0. The summed E-state index contributed by atoms with van der Waals surface area (Å²) in [7, 11) is 2.00. The minimum absolute atomic E-state index is 0.181. The molecule has 1 spiro atoms.